The Morgan fingerprint density at radius 2 is 1.84 bits per heavy atom. The van der Waals surface area contributed by atoms with Gasteiger partial charge in [-0.3, -0.25) is 4.79 Å². The highest BCUT2D eigenvalue weighted by molar-refractivity contribution is 6.35. The van der Waals surface area contributed by atoms with Crippen LogP contribution in [0.2, 0.25) is 10.0 Å². The largest absolute Gasteiger partial charge is 0.375 e. The number of anilines is 1. The second kappa shape index (κ2) is 7.01. The van der Waals surface area contributed by atoms with Crippen LogP contribution < -0.4 is 10.6 Å². The topological polar surface area (TPSA) is 41.1 Å². The molecule has 0 aromatic heterocycles. The normalized spacial score (nSPS) is 12.4. The molecule has 0 radical (unpaired) electrons. The first-order chi connectivity index (χ1) is 8.81. The van der Waals surface area contributed by atoms with Gasteiger partial charge in [0.15, 0.2) is 0 Å². The lowest BCUT2D eigenvalue weighted by atomic mass is 10.1. The standard InChI is InChI=1S/C14H20Cl2N2O/c1-8(2)10(4)18-14(19)7-17-13-6-11(15)9(3)5-12(13)16/h5-6,8,10,17H,7H2,1-4H3,(H,18,19). The van der Waals surface area contributed by atoms with Crippen molar-refractivity contribution in [3.8, 4) is 0 Å². The van der Waals surface area contributed by atoms with Crippen LogP contribution in [0.15, 0.2) is 12.1 Å². The molecule has 5 heteroatoms. The fourth-order valence-electron chi connectivity index (χ4n) is 1.43. The Balaban J connectivity index is 2.58. The molecular weight excluding hydrogens is 283 g/mol. The summed E-state index contributed by atoms with van der Waals surface area (Å²) in [5, 5.41) is 7.10. The van der Waals surface area contributed by atoms with Crippen molar-refractivity contribution >= 4 is 34.8 Å². The first-order valence-corrected chi connectivity index (χ1v) is 7.05. The van der Waals surface area contributed by atoms with E-state index in [1.165, 1.54) is 0 Å². The number of carbonyl (C=O) groups excluding carboxylic acids is 1. The molecule has 0 bridgehead atoms. The van der Waals surface area contributed by atoms with Gasteiger partial charge in [-0.25, -0.2) is 0 Å². The SMILES string of the molecule is Cc1cc(Cl)c(NCC(=O)NC(C)C(C)C)cc1Cl. The molecule has 3 nitrogen and oxygen atoms in total. The molecule has 1 aromatic carbocycles. The number of hydrogen-bond donors (Lipinski definition) is 2. The van der Waals surface area contributed by atoms with Crippen LogP contribution in [0.25, 0.3) is 0 Å². The number of aryl methyl sites for hydroxylation is 1. The lowest BCUT2D eigenvalue weighted by Crippen LogP contribution is -2.39. The summed E-state index contributed by atoms with van der Waals surface area (Å²) in [7, 11) is 0. The quantitative estimate of drug-likeness (QED) is 0.867. The molecule has 0 saturated heterocycles. The van der Waals surface area contributed by atoms with Gasteiger partial charge in [-0.05, 0) is 37.5 Å². The maximum absolute atomic E-state index is 11.7. The van der Waals surface area contributed by atoms with Gasteiger partial charge in [-0.2, -0.15) is 0 Å². The third-order valence-corrected chi connectivity index (χ3v) is 3.80. The lowest BCUT2D eigenvalue weighted by molar-refractivity contribution is -0.120. The van der Waals surface area contributed by atoms with E-state index in [1.807, 2.05) is 13.8 Å². The van der Waals surface area contributed by atoms with Crippen molar-refractivity contribution in [3.05, 3.63) is 27.7 Å². The zero-order chi connectivity index (χ0) is 14.6. The Hall–Kier alpha value is -0.930. The fraction of sp³-hybridized carbons (Fsp3) is 0.500. The minimum Gasteiger partial charge on any atom is -0.375 e. The average Bonchev–Trinajstić information content (AvgIpc) is 2.32. The molecule has 2 N–H and O–H groups in total. The van der Waals surface area contributed by atoms with Gasteiger partial charge in [0.25, 0.3) is 0 Å². The second-order valence-electron chi connectivity index (χ2n) is 5.03. The van der Waals surface area contributed by atoms with E-state index < -0.39 is 0 Å². The molecule has 1 aromatic rings. The van der Waals surface area contributed by atoms with Crippen LogP contribution in [-0.2, 0) is 4.79 Å². The van der Waals surface area contributed by atoms with Crippen LogP contribution >= 0.6 is 23.2 Å². The van der Waals surface area contributed by atoms with Crippen molar-refractivity contribution in [1.29, 1.82) is 0 Å². The molecule has 0 spiro atoms. The Bertz CT molecular complexity index is 461. The van der Waals surface area contributed by atoms with Crippen molar-refractivity contribution in [2.75, 3.05) is 11.9 Å². The molecule has 0 aliphatic heterocycles. The number of halogens is 2. The van der Waals surface area contributed by atoms with Gasteiger partial charge in [-0.1, -0.05) is 37.0 Å². The zero-order valence-electron chi connectivity index (χ0n) is 11.7. The van der Waals surface area contributed by atoms with Gasteiger partial charge in [0.1, 0.15) is 0 Å². The summed E-state index contributed by atoms with van der Waals surface area (Å²) in [5.74, 6) is 0.343. The van der Waals surface area contributed by atoms with Crippen LogP contribution in [0.3, 0.4) is 0 Å². The second-order valence-corrected chi connectivity index (χ2v) is 5.85. The van der Waals surface area contributed by atoms with Crippen molar-refractivity contribution in [3.63, 3.8) is 0 Å². The van der Waals surface area contributed by atoms with Crippen LogP contribution in [-0.4, -0.2) is 18.5 Å². The maximum atomic E-state index is 11.7. The van der Waals surface area contributed by atoms with Crippen LogP contribution in [0.1, 0.15) is 26.3 Å². The van der Waals surface area contributed by atoms with E-state index in [9.17, 15) is 4.79 Å². The fourth-order valence-corrected chi connectivity index (χ4v) is 1.88. The number of nitrogens with one attached hydrogen (secondary N) is 2. The third-order valence-electron chi connectivity index (χ3n) is 3.08. The van der Waals surface area contributed by atoms with E-state index in [2.05, 4.69) is 24.5 Å². The number of carbonyl (C=O) groups is 1. The molecule has 1 atom stereocenters. The average molecular weight is 303 g/mol. The predicted octanol–water partition coefficient (Wildman–Crippen LogP) is 3.87. The molecule has 0 saturated carbocycles. The van der Waals surface area contributed by atoms with Gasteiger partial charge in [-0.15, -0.1) is 0 Å². The Morgan fingerprint density at radius 1 is 1.21 bits per heavy atom. The first kappa shape index (κ1) is 16.1. The van der Waals surface area contributed by atoms with Gasteiger partial charge in [0, 0.05) is 11.1 Å². The van der Waals surface area contributed by atoms with Crippen LogP contribution in [0, 0.1) is 12.8 Å². The zero-order valence-corrected chi connectivity index (χ0v) is 13.2. The van der Waals surface area contributed by atoms with Crippen molar-refractivity contribution in [2.45, 2.75) is 33.7 Å². The number of benzene rings is 1. The van der Waals surface area contributed by atoms with E-state index in [0.29, 0.717) is 21.7 Å². The summed E-state index contributed by atoms with van der Waals surface area (Å²) in [6.07, 6.45) is 0. The predicted molar refractivity (Wildman–Crippen MR) is 82.1 cm³/mol. The van der Waals surface area contributed by atoms with Gasteiger partial charge in [0.05, 0.1) is 17.3 Å². The van der Waals surface area contributed by atoms with Crippen molar-refractivity contribution in [2.24, 2.45) is 5.92 Å². The van der Waals surface area contributed by atoms with Crippen molar-refractivity contribution in [1.82, 2.24) is 5.32 Å². The molecule has 0 fully saturated rings. The maximum Gasteiger partial charge on any atom is 0.239 e. The number of amides is 1. The molecule has 1 unspecified atom stereocenters. The van der Waals surface area contributed by atoms with E-state index in [0.717, 1.165) is 5.56 Å². The molecule has 0 aliphatic carbocycles. The molecule has 106 valence electrons. The third kappa shape index (κ3) is 4.92. The monoisotopic (exact) mass is 302 g/mol. The van der Waals surface area contributed by atoms with E-state index in [-0.39, 0.29) is 18.5 Å². The summed E-state index contributed by atoms with van der Waals surface area (Å²) in [5.41, 5.74) is 1.58. The Kier molecular flexibility index (Phi) is 5.95. The lowest BCUT2D eigenvalue weighted by Gasteiger charge is -2.18. The molecular formula is C14H20Cl2N2O. The van der Waals surface area contributed by atoms with E-state index in [4.69, 9.17) is 23.2 Å². The minimum absolute atomic E-state index is 0.0611. The molecule has 19 heavy (non-hydrogen) atoms. The molecule has 0 heterocycles. The van der Waals surface area contributed by atoms with Gasteiger partial charge >= 0.3 is 0 Å². The summed E-state index contributed by atoms with van der Waals surface area (Å²) >= 11 is 12.1. The molecule has 1 rings (SSSR count). The highest BCUT2D eigenvalue weighted by Crippen LogP contribution is 2.28. The van der Waals surface area contributed by atoms with Crippen LogP contribution in [0.5, 0.6) is 0 Å². The Labute approximate surface area is 124 Å². The summed E-state index contributed by atoms with van der Waals surface area (Å²) in [6.45, 7) is 8.17. The van der Waals surface area contributed by atoms with Gasteiger partial charge < -0.3 is 10.6 Å². The summed E-state index contributed by atoms with van der Waals surface area (Å²) < 4.78 is 0. The van der Waals surface area contributed by atoms with Gasteiger partial charge in [0.2, 0.25) is 5.91 Å². The van der Waals surface area contributed by atoms with Crippen molar-refractivity contribution < 1.29 is 4.79 Å². The number of hydrogen-bond acceptors (Lipinski definition) is 2. The highest BCUT2D eigenvalue weighted by Gasteiger charge is 2.11. The van der Waals surface area contributed by atoms with E-state index >= 15 is 0 Å². The molecule has 0 aliphatic rings. The first-order valence-electron chi connectivity index (χ1n) is 6.30. The van der Waals surface area contributed by atoms with Crippen LogP contribution in [0.4, 0.5) is 5.69 Å². The number of rotatable bonds is 5. The summed E-state index contributed by atoms with van der Waals surface area (Å²) in [6, 6.07) is 3.66. The highest BCUT2D eigenvalue weighted by atomic mass is 35.5. The summed E-state index contributed by atoms with van der Waals surface area (Å²) in [4.78, 5) is 11.7. The van der Waals surface area contributed by atoms with E-state index in [1.54, 1.807) is 12.1 Å². The smallest absolute Gasteiger partial charge is 0.239 e. The molecule has 1 amide bonds. The minimum atomic E-state index is -0.0611. The Morgan fingerprint density at radius 3 is 2.42 bits per heavy atom.